The van der Waals surface area contributed by atoms with Crippen LogP contribution < -0.4 is 20.1 Å². The summed E-state index contributed by atoms with van der Waals surface area (Å²) in [6, 6.07) is 9.45. The molecule has 0 aliphatic carbocycles. The van der Waals surface area contributed by atoms with Crippen LogP contribution in [0.2, 0.25) is 0 Å². The van der Waals surface area contributed by atoms with E-state index in [1.807, 2.05) is 31.2 Å². The summed E-state index contributed by atoms with van der Waals surface area (Å²) in [5, 5.41) is 17.3. The molecule has 0 spiro atoms. The van der Waals surface area contributed by atoms with Gasteiger partial charge in [-0.15, -0.1) is 0 Å². The van der Waals surface area contributed by atoms with E-state index in [0.29, 0.717) is 36.1 Å². The molecule has 8 heteroatoms. The molecule has 0 bridgehead atoms. The lowest BCUT2D eigenvalue weighted by Crippen LogP contribution is -2.41. The Hall–Kier alpha value is -2.71. The summed E-state index contributed by atoms with van der Waals surface area (Å²) >= 11 is 0. The van der Waals surface area contributed by atoms with Crippen LogP contribution in [0, 0.1) is 0 Å². The lowest BCUT2D eigenvalue weighted by molar-refractivity contribution is 0.150. The highest BCUT2D eigenvalue weighted by atomic mass is 16.5. The van der Waals surface area contributed by atoms with Crippen LogP contribution in [0.15, 0.2) is 46.0 Å². The number of methoxy groups -OCH3 is 2. The number of aliphatic hydroxyl groups is 1. The maximum atomic E-state index is 10.7. The SMILES string of the molecule is CCNC(=NCC(c1ccco1)N1CCCCC1)NCC(O)c1cc(OC)cc(OC)c1. The molecule has 1 fully saturated rings. The van der Waals surface area contributed by atoms with Crippen molar-refractivity contribution in [2.75, 3.05) is 46.9 Å². The van der Waals surface area contributed by atoms with Crippen LogP contribution in [0.1, 0.15) is 49.7 Å². The lowest BCUT2D eigenvalue weighted by atomic mass is 10.1. The predicted molar refractivity (Wildman–Crippen MR) is 125 cm³/mol. The molecule has 8 nitrogen and oxygen atoms in total. The zero-order chi connectivity index (χ0) is 22.8. The van der Waals surface area contributed by atoms with E-state index >= 15 is 0 Å². The van der Waals surface area contributed by atoms with Gasteiger partial charge in [0.25, 0.3) is 0 Å². The van der Waals surface area contributed by atoms with Gasteiger partial charge >= 0.3 is 0 Å². The second-order valence-corrected chi connectivity index (χ2v) is 7.89. The minimum Gasteiger partial charge on any atom is -0.497 e. The van der Waals surface area contributed by atoms with Crippen molar-refractivity contribution < 1.29 is 19.0 Å². The summed E-state index contributed by atoms with van der Waals surface area (Å²) in [5.41, 5.74) is 0.714. The van der Waals surface area contributed by atoms with Gasteiger partial charge in [-0.3, -0.25) is 9.89 Å². The Balaban J connectivity index is 1.67. The maximum absolute atomic E-state index is 10.7. The largest absolute Gasteiger partial charge is 0.497 e. The third-order valence-corrected chi connectivity index (χ3v) is 5.69. The van der Waals surface area contributed by atoms with Gasteiger partial charge in [-0.25, -0.2) is 0 Å². The highest BCUT2D eigenvalue weighted by Crippen LogP contribution is 2.27. The number of aliphatic hydroxyl groups excluding tert-OH is 1. The highest BCUT2D eigenvalue weighted by Gasteiger charge is 2.24. The summed E-state index contributed by atoms with van der Waals surface area (Å²) in [6.45, 7) is 5.74. The second-order valence-electron chi connectivity index (χ2n) is 7.89. The van der Waals surface area contributed by atoms with Crippen LogP contribution in [-0.4, -0.2) is 62.9 Å². The molecule has 1 aliphatic rings. The molecule has 1 aromatic carbocycles. The lowest BCUT2D eigenvalue weighted by Gasteiger charge is -2.32. The molecule has 2 unspecified atom stereocenters. The summed E-state index contributed by atoms with van der Waals surface area (Å²) in [5.74, 6) is 2.88. The number of nitrogens with zero attached hydrogens (tertiary/aromatic N) is 2. The molecule has 32 heavy (non-hydrogen) atoms. The van der Waals surface area contributed by atoms with Crippen LogP contribution in [-0.2, 0) is 0 Å². The van der Waals surface area contributed by atoms with E-state index < -0.39 is 6.10 Å². The molecule has 1 aromatic heterocycles. The van der Waals surface area contributed by atoms with E-state index in [-0.39, 0.29) is 6.04 Å². The van der Waals surface area contributed by atoms with Gasteiger partial charge in [-0.2, -0.15) is 0 Å². The van der Waals surface area contributed by atoms with Gasteiger partial charge in [0.1, 0.15) is 17.3 Å². The van der Waals surface area contributed by atoms with Crippen molar-refractivity contribution in [1.29, 1.82) is 0 Å². The Morgan fingerprint density at radius 2 is 1.84 bits per heavy atom. The van der Waals surface area contributed by atoms with Crippen LogP contribution in [0.4, 0.5) is 0 Å². The fraction of sp³-hybridized carbons (Fsp3) is 0.542. The van der Waals surface area contributed by atoms with Gasteiger partial charge < -0.3 is 29.6 Å². The standard InChI is InChI=1S/C24H36N4O4/c1-4-25-24(27-17-22(29)18-13-19(30-2)15-20(14-18)31-3)26-16-21(23-9-8-12-32-23)28-10-6-5-7-11-28/h8-9,12-15,21-22,29H,4-7,10-11,16-17H2,1-3H3,(H2,25,26,27). The van der Waals surface area contributed by atoms with E-state index in [4.69, 9.17) is 18.9 Å². The topological polar surface area (TPSA) is 91.5 Å². The molecular formula is C24H36N4O4. The Labute approximate surface area is 190 Å². The molecule has 1 aliphatic heterocycles. The summed E-state index contributed by atoms with van der Waals surface area (Å²) in [4.78, 5) is 7.26. The minimum absolute atomic E-state index is 0.105. The number of benzene rings is 1. The molecule has 2 aromatic rings. The normalized spacial score (nSPS) is 16.9. The van der Waals surface area contributed by atoms with Crippen LogP contribution >= 0.6 is 0 Å². The quantitative estimate of drug-likeness (QED) is 0.383. The third-order valence-electron chi connectivity index (χ3n) is 5.69. The molecule has 176 valence electrons. The number of nitrogens with one attached hydrogen (secondary N) is 2. The van der Waals surface area contributed by atoms with Gasteiger partial charge in [-0.1, -0.05) is 6.42 Å². The first-order valence-corrected chi connectivity index (χ1v) is 11.3. The molecule has 2 heterocycles. The van der Waals surface area contributed by atoms with Crippen molar-refractivity contribution in [3.8, 4) is 11.5 Å². The average Bonchev–Trinajstić information content (AvgIpc) is 3.37. The van der Waals surface area contributed by atoms with Crippen LogP contribution in [0.25, 0.3) is 0 Å². The molecule has 0 saturated carbocycles. The van der Waals surface area contributed by atoms with Gasteiger partial charge in [0, 0.05) is 19.2 Å². The Bertz CT molecular complexity index is 812. The van der Waals surface area contributed by atoms with Crippen molar-refractivity contribution in [2.24, 2.45) is 4.99 Å². The third kappa shape index (κ3) is 6.64. The monoisotopic (exact) mass is 444 g/mol. The number of furan rings is 1. The molecular weight excluding hydrogens is 408 g/mol. The minimum atomic E-state index is -0.745. The van der Waals surface area contributed by atoms with Crippen molar-refractivity contribution in [3.05, 3.63) is 47.9 Å². The van der Waals surface area contributed by atoms with E-state index in [0.717, 1.165) is 25.4 Å². The molecule has 0 radical (unpaired) electrons. The number of rotatable bonds is 10. The fourth-order valence-electron chi connectivity index (χ4n) is 3.95. The Morgan fingerprint density at radius 1 is 1.12 bits per heavy atom. The predicted octanol–water partition coefficient (Wildman–Crippen LogP) is 3.11. The van der Waals surface area contributed by atoms with E-state index in [1.54, 1.807) is 26.5 Å². The van der Waals surface area contributed by atoms with Gasteiger partial charge in [0.15, 0.2) is 5.96 Å². The molecule has 0 amide bonds. The molecule has 2 atom stereocenters. The first kappa shape index (κ1) is 23.9. The zero-order valence-corrected chi connectivity index (χ0v) is 19.3. The Morgan fingerprint density at radius 3 is 2.44 bits per heavy atom. The van der Waals surface area contributed by atoms with Crippen LogP contribution in [0.5, 0.6) is 11.5 Å². The molecule has 3 rings (SSSR count). The van der Waals surface area contributed by atoms with Gasteiger partial charge in [0.2, 0.25) is 0 Å². The van der Waals surface area contributed by atoms with Crippen LogP contribution in [0.3, 0.4) is 0 Å². The first-order valence-electron chi connectivity index (χ1n) is 11.3. The zero-order valence-electron chi connectivity index (χ0n) is 19.3. The van der Waals surface area contributed by atoms with E-state index in [9.17, 15) is 5.11 Å². The van der Waals surface area contributed by atoms with Crippen molar-refractivity contribution in [2.45, 2.75) is 38.3 Å². The van der Waals surface area contributed by atoms with Gasteiger partial charge in [-0.05, 0) is 62.7 Å². The van der Waals surface area contributed by atoms with Gasteiger partial charge in [0.05, 0.1) is 39.2 Å². The van der Waals surface area contributed by atoms with Crippen molar-refractivity contribution in [1.82, 2.24) is 15.5 Å². The number of aliphatic imine (C=N–C) groups is 1. The van der Waals surface area contributed by atoms with Crippen molar-refractivity contribution in [3.63, 3.8) is 0 Å². The fourth-order valence-corrected chi connectivity index (χ4v) is 3.95. The summed E-state index contributed by atoms with van der Waals surface area (Å²) in [6.07, 6.45) is 4.66. The number of piperidine rings is 1. The second kappa shape index (κ2) is 12.4. The highest BCUT2D eigenvalue weighted by molar-refractivity contribution is 5.79. The number of ether oxygens (including phenoxy) is 2. The van der Waals surface area contributed by atoms with E-state index in [2.05, 4.69) is 15.5 Å². The summed E-state index contributed by atoms with van der Waals surface area (Å²) in [7, 11) is 3.19. The summed E-state index contributed by atoms with van der Waals surface area (Å²) < 4.78 is 16.3. The van der Waals surface area contributed by atoms with Crippen molar-refractivity contribution >= 4 is 5.96 Å². The number of hydrogen-bond acceptors (Lipinski definition) is 6. The van der Waals surface area contributed by atoms with E-state index in [1.165, 1.54) is 19.3 Å². The average molecular weight is 445 g/mol. The first-order chi connectivity index (χ1) is 15.6. The Kier molecular flexibility index (Phi) is 9.25. The number of likely N-dealkylation sites (tertiary alicyclic amines) is 1. The molecule has 3 N–H and O–H groups in total. The number of hydrogen-bond donors (Lipinski definition) is 3. The smallest absolute Gasteiger partial charge is 0.191 e. The molecule has 1 saturated heterocycles. The maximum Gasteiger partial charge on any atom is 0.191 e. The number of guanidine groups is 1.